The SMILES string of the molecule is CC(C)(C)c1ccc(C(C)(C)C)c(-c2cc(C(C)(C)C)cc(-c3cc(C(C)(C)C)ccc3C(C)(C)C)c2Nc2cnccc2[N+](=O)[O-])c1. The quantitative estimate of drug-likeness (QED) is 0.173. The molecule has 4 aromatic rings. The van der Waals surface area contributed by atoms with E-state index in [0.717, 1.165) is 27.9 Å². The van der Waals surface area contributed by atoms with Crippen LogP contribution in [0.25, 0.3) is 22.3 Å². The largest absolute Gasteiger partial charge is 0.348 e. The zero-order valence-electron chi connectivity index (χ0n) is 32.1. The fourth-order valence-corrected chi connectivity index (χ4v) is 6.19. The Bertz CT molecular complexity index is 1740. The Morgan fingerprint density at radius 2 is 0.938 bits per heavy atom. The third-order valence-electron chi connectivity index (χ3n) is 9.23. The van der Waals surface area contributed by atoms with Gasteiger partial charge in [0, 0.05) is 23.4 Å². The summed E-state index contributed by atoms with van der Waals surface area (Å²) in [5.41, 5.74) is 10.9. The summed E-state index contributed by atoms with van der Waals surface area (Å²) in [7, 11) is 0. The number of aromatic nitrogens is 1. The summed E-state index contributed by atoms with van der Waals surface area (Å²) in [5.74, 6) is 0. The maximum atomic E-state index is 12.3. The molecule has 4 rings (SSSR count). The van der Waals surface area contributed by atoms with E-state index in [2.05, 4.69) is 163 Å². The van der Waals surface area contributed by atoms with Gasteiger partial charge < -0.3 is 5.32 Å². The minimum Gasteiger partial charge on any atom is -0.348 e. The number of nitrogens with one attached hydrogen (secondary N) is 1. The van der Waals surface area contributed by atoms with Gasteiger partial charge in [0.05, 0.1) is 16.8 Å². The van der Waals surface area contributed by atoms with E-state index in [0.29, 0.717) is 5.69 Å². The van der Waals surface area contributed by atoms with Gasteiger partial charge in [-0.3, -0.25) is 15.1 Å². The summed E-state index contributed by atoms with van der Waals surface area (Å²) < 4.78 is 0. The zero-order valence-corrected chi connectivity index (χ0v) is 32.1. The van der Waals surface area contributed by atoms with Gasteiger partial charge in [0.25, 0.3) is 5.69 Å². The Kier molecular flexibility index (Phi) is 9.57. The number of hydrogen-bond donors (Lipinski definition) is 1. The van der Waals surface area contributed by atoms with Crippen molar-refractivity contribution in [1.82, 2.24) is 4.98 Å². The molecule has 5 nitrogen and oxygen atoms in total. The fraction of sp³-hybridized carbons (Fsp3) is 0.465. The second kappa shape index (κ2) is 12.5. The lowest BCUT2D eigenvalue weighted by atomic mass is 9.74. The van der Waals surface area contributed by atoms with Crippen molar-refractivity contribution in [3.8, 4) is 22.3 Å². The lowest BCUT2D eigenvalue weighted by molar-refractivity contribution is -0.384. The van der Waals surface area contributed by atoms with Gasteiger partial charge in [-0.15, -0.1) is 0 Å². The third kappa shape index (κ3) is 7.83. The van der Waals surface area contributed by atoms with E-state index < -0.39 is 0 Å². The topological polar surface area (TPSA) is 68.1 Å². The van der Waals surface area contributed by atoms with Crippen molar-refractivity contribution in [3.05, 3.63) is 105 Å². The number of rotatable bonds is 5. The van der Waals surface area contributed by atoms with Crippen molar-refractivity contribution in [3.63, 3.8) is 0 Å². The monoisotopic (exact) mass is 647 g/mol. The van der Waals surface area contributed by atoms with Crippen LogP contribution in [0.3, 0.4) is 0 Å². The highest BCUT2D eigenvalue weighted by molar-refractivity contribution is 5.96. The van der Waals surface area contributed by atoms with Gasteiger partial charge in [-0.05, 0) is 78.2 Å². The molecule has 0 radical (unpaired) electrons. The van der Waals surface area contributed by atoms with Crippen molar-refractivity contribution in [2.75, 3.05) is 5.32 Å². The van der Waals surface area contributed by atoms with E-state index in [4.69, 9.17) is 0 Å². The maximum Gasteiger partial charge on any atom is 0.295 e. The second-order valence-electron chi connectivity index (χ2n) is 18.5. The lowest BCUT2D eigenvalue weighted by Gasteiger charge is -2.32. The molecule has 0 aliphatic carbocycles. The van der Waals surface area contributed by atoms with E-state index in [-0.39, 0.29) is 37.7 Å². The first-order valence-electron chi connectivity index (χ1n) is 17.1. The number of pyridine rings is 1. The van der Waals surface area contributed by atoms with E-state index in [9.17, 15) is 10.1 Å². The summed E-state index contributed by atoms with van der Waals surface area (Å²) in [4.78, 5) is 16.3. The zero-order chi connectivity index (χ0) is 36.2. The van der Waals surface area contributed by atoms with Crippen molar-refractivity contribution in [2.45, 2.75) is 131 Å². The Labute approximate surface area is 289 Å². The van der Waals surface area contributed by atoms with Crippen LogP contribution in [0.1, 0.15) is 132 Å². The van der Waals surface area contributed by atoms with Gasteiger partial charge in [-0.1, -0.05) is 140 Å². The molecule has 0 saturated carbocycles. The van der Waals surface area contributed by atoms with Crippen LogP contribution >= 0.6 is 0 Å². The highest BCUT2D eigenvalue weighted by Crippen LogP contribution is 2.49. The maximum absolute atomic E-state index is 12.3. The van der Waals surface area contributed by atoms with Gasteiger partial charge in [0.2, 0.25) is 0 Å². The Morgan fingerprint density at radius 1 is 0.542 bits per heavy atom. The number of nitrogens with zero attached hydrogens (tertiary/aromatic N) is 2. The van der Waals surface area contributed by atoms with Gasteiger partial charge in [0.1, 0.15) is 5.69 Å². The average Bonchev–Trinajstić information content (AvgIpc) is 2.94. The smallest absolute Gasteiger partial charge is 0.295 e. The van der Waals surface area contributed by atoms with Crippen LogP contribution in [0.5, 0.6) is 0 Å². The summed E-state index contributed by atoms with van der Waals surface area (Å²) >= 11 is 0. The summed E-state index contributed by atoms with van der Waals surface area (Å²) in [6.07, 6.45) is 3.04. The summed E-state index contributed by atoms with van der Waals surface area (Å²) in [6, 6.07) is 19.8. The van der Waals surface area contributed by atoms with E-state index in [1.165, 1.54) is 40.1 Å². The number of nitro groups is 1. The third-order valence-corrected chi connectivity index (χ3v) is 9.23. The highest BCUT2D eigenvalue weighted by atomic mass is 16.6. The van der Waals surface area contributed by atoms with Crippen LogP contribution in [-0.2, 0) is 27.1 Å². The molecule has 3 aromatic carbocycles. The normalized spacial score (nSPS) is 13.1. The summed E-state index contributed by atoms with van der Waals surface area (Å²) in [5, 5.41) is 16.0. The number of benzene rings is 3. The molecule has 48 heavy (non-hydrogen) atoms. The molecule has 256 valence electrons. The van der Waals surface area contributed by atoms with E-state index >= 15 is 0 Å². The number of anilines is 2. The molecule has 0 aliphatic rings. The van der Waals surface area contributed by atoms with Gasteiger partial charge in [-0.2, -0.15) is 0 Å². The Morgan fingerprint density at radius 3 is 1.29 bits per heavy atom. The first kappa shape index (κ1) is 36.8. The molecule has 1 heterocycles. The van der Waals surface area contributed by atoms with Crippen molar-refractivity contribution in [1.29, 1.82) is 0 Å². The fourth-order valence-electron chi connectivity index (χ4n) is 6.19. The molecule has 0 bridgehead atoms. The molecule has 0 atom stereocenters. The van der Waals surface area contributed by atoms with E-state index in [1.54, 1.807) is 6.20 Å². The van der Waals surface area contributed by atoms with Crippen LogP contribution in [0, 0.1) is 10.1 Å². The van der Waals surface area contributed by atoms with Gasteiger partial charge in [-0.25, -0.2) is 0 Å². The molecular formula is C43H57N3O2. The molecule has 5 heteroatoms. The van der Waals surface area contributed by atoms with E-state index in [1.807, 2.05) is 0 Å². The first-order chi connectivity index (χ1) is 21.8. The minimum atomic E-state index is -0.339. The summed E-state index contributed by atoms with van der Waals surface area (Å²) in [6.45, 7) is 33.7. The molecule has 0 fully saturated rings. The Balaban J connectivity index is 2.32. The highest BCUT2D eigenvalue weighted by Gasteiger charge is 2.30. The molecule has 1 N–H and O–H groups in total. The van der Waals surface area contributed by atoms with Crippen molar-refractivity contribution < 1.29 is 4.92 Å². The standard InChI is InChI=1S/C43H57N3O2/c1-39(2,3)27-16-18-34(42(10,11)12)30(22-27)32-24-29(41(7,8)9)25-33(38(32)45-36-26-44-21-20-37(36)46(47)48)31-23-28(40(4,5)6)17-19-35(31)43(13,14)15/h16-26,45H,1-15H3. The van der Waals surface area contributed by atoms with Crippen LogP contribution in [-0.4, -0.2) is 9.91 Å². The second-order valence-corrected chi connectivity index (χ2v) is 18.5. The van der Waals surface area contributed by atoms with Crippen molar-refractivity contribution in [2.24, 2.45) is 0 Å². The van der Waals surface area contributed by atoms with Crippen LogP contribution in [0.15, 0.2) is 67.0 Å². The van der Waals surface area contributed by atoms with Gasteiger partial charge in [0.15, 0.2) is 0 Å². The van der Waals surface area contributed by atoms with Crippen LogP contribution < -0.4 is 5.32 Å². The number of hydrogen-bond acceptors (Lipinski definition) is 4. The van der Waals surface area contributed by atoms with Crippen LogP contribution in [0.4, 0.5) is 17.1 Å². The van der Waals surface area contributed by atoms with Crippen LogP contribution in [0.2, 0.25) is 0 Å². The average molecular weight is 648 g/mol. The molecular weight excluding hydrogens is 590 g/mol. The molecule has 0 amide bonds. The molecule has 0 spiro atoms. The Hall–Kier alpha value is -3.99. The lowest BCUT2D eigenvalue weighted by Crippen LogP contribution is -2.18. The van der Waals surface area contributed by atoms with Crippen molar-refractivity contribution >= 4 is 17.1 Å². The predicted molar refractivity (Wildman–Crippen MR) is 205 cm³/mol. The predicted octanol–water partition coefficient (Wildman–Crippen LogP) is 12.6. The minimum absolute atomic E-state index is 0.0132. The van der Waals surface area contributed by atoms with Gasteiger partial charge >= 0.3 is 0 Å². The molecule has 0 unspecified atom stereocenters. The first-order valence-corrected chi connectivity index (χ1v) is 17.1. The molecule has 1 aromatic heterocycles. The molecule has 0 saturated heterocycles. The molecule has 0 aliphatic heterocycles.